The highest BCUT2D eigenvalue weighted by atomic mass is 35.5. The summed E-state index contributed by atoms with van der Waals surface area (Å²) < 4.78 is 8.82. The highest BCUT2D eigenvalue weighted by Gasteiger charge is 2.28. The molecule has 8 nitrogen and oxygen atoms in total. The van der Waals surface area contributed by atoms with Crippen LogP contribution < -0.4 is 0 Å². The van der Waals surface area contributed by atoms with Crippen LogP contribution in [0.25, 0.3) is 11.3 Å². The molecule has 0 aliphatic heterocycles. The average Bonchev–Trinajstić information content (AvgIpc) is 3.37. The Labute approximate surface area is 188 Å². The van der Waals surface area contributed by atoms with Crippen LogP contribution in [0.3, 0.4) is 0 Å². The lowest BCUT2D eigenvalue weighted by molar-refractivity contribution is -0.117. The standard InChI is InChI=1S/C21H20Cl2N6O2/c1-11(31-2)19-14(9-24-18-8-17(23)26-29(18)19)7-15(30)5-12-6-16(22)21-25-20(13-3-4-13)27-28(21)10-12/h6,8-11,13H,3-5,7H2,1-2H3/t11-/m0/s1. The molecule has 0 spiro atoms. The Morgan fingerprint density at radius 1 is 1.26 bits per heavy atom. The monoisotopic (exact) mass is 458 g/mol. The molecule has 1 fully saturated rings. The summed E-state index contributed by atoms with van der Waals surface area (Å²) in [4.78, 5) is 21.9. The summed E-state index contributed by atoms with van der Waals surface area (Å²) in [6, 6.07) is 3.46. The Morgan fingerprint density at radius 2 is 2.06 bits per heavy atom. The molecule has 10 heteroatoms. The van der Waals surface area contributed by atoms with Gasteiger partial charge in [0.25, 0.3) is 0 Å². The molecular weight excluding hydrogens is 439 g/mol. The molecule has 31 heavy (non-hydrogen) atoms. The SMILES string of the molecule is CO[C@@H](C)c1c(CC(=O)Cc2cc(Cl)c3nc(C4CC4)nn3c2)cnc2cc(Cl)nn12. The Hall–Kier alpha value is -2.55. The van der Waals surface area contributed by atoms with Gasteiger partial charge < -0.3 is 4.74 Å². The van der Waals surface area contributed by atoms with Gasteiger partial charge in [0.05, 0.1) is 16.8 Å². The van der Waals surface area contributed by atoms with Crippen molar-refractivity contribution in [1.82, 2.24) is 29.2 Å². The number of nitrogens with zero attached hydrogens (tertiary/aromatic N) is 6. The molecule has 4 aromatic rings. The van der Waals surface area contributed by atoms with Crippen molar-refractivity contribution < 1.29 is 9.53 Å². The molecule has 0 unspecified atom stereocenters. The number of carbonyl (C=O) groups excluding carboxylic acids is 1. The average molecular weight is 459 g/mol. The number of halogens is 2. The zero-order valence-electron chi connectivity index (χ0n) is 17.0. The largest absolute Gasteiger partial charge is 0.375 e. The second-order valence-corrected chi connectivity index (χ2v) is 8.68. The Kier molecular flexibility index (Phi) is 5.16. The number of fused-ring (bicyclic) bond motifs is 2. The van der Waals surface area contributed by atoms with E-state index in [4.69, 9.17) is 27.9 Å². The number of pyridine rings is 1. The normalized spacial score (nSPS) is 15.1. The molecule has 0 aromatic carbocycles. The minimum atomic E-state index is -0.286. The first-order valence-electron chi connectivity index (χ1n) is 10.0. The van der Waals surface area contributed by atoms with Crippen LogP contribution in [0.2, 0.25) is 10.2 Å². The molecular formula is C21H20Cl2N6O2. The maximum Gasteiger partial charge on any atom is 0.174 e. The van der Waals surface area contributed by atoms with Crippen LogP contribution in [0.15, 0.2) is 24.5 Å². The zero-order chi connectivity index (χ0) is 21.7. The van der Waals surface area contributed by atoms with Gasteiger partial charge in [0.15, 0.2) is 22.3 Å². The second kappa shape index (κ2) is 7.85. The lowest BCUT2D eigenvalue weighted by Gasteiger charge is -2.16. The minimum absolute atomic E-state index is 0.0157. The van der Waals surface area contributed by atoms with Gasteiger partial charge in [-0.2, -0.15) is 10.2 Å². The predicted octanol–water partition coefficient (Wildman–Crippen LogP) is 4.02. The third kappa shape index (κ3) is 3.91. The van der Waals surface area contributed by atoms with Crippen molar-refractivity contribution in [2.45, 2.75) is 44.6 Å². The number of Topliss-reactive ketones (excluding diaryl/α,β-unsaturated/α-hetero) is 1. The van der Waals surface area contributed by atoms with E-state index in [2.05, 4.69) is 20.2 Å². The van der Waals surface area contributed by atoms with Crippen molar-refractivity contribution in [3.8, 4) is 0 Å². The van der Waals surface area contributed by atoms with Gasteiger partial charge in [0, 0.05) is 49.9 Å². The highest BCUT2D eigenvalue weighted by molar-refractivity contribution is 6.33. The number of hydrogen-bond acceptors (Lipinski definition) is 6. The van der Waals surface area contributed by atoms with Crippen molar-refractivity contribution >= 4 is 40.3 Å². The summed E-state index contributed by atoms with van der Waals surface area (Å²) in [5, 5.41) is 9.65. The van der Waals surface area contributed by atoms with Crippen LogP contribution in [0.4, 0.5) is 0 Å². The fourth-order valence-corrected chi connectivity index (χ4v) is 4.21. The van der Waals surface area contributed by atoms with E-state index in [1.54, 1.807) is 34.5 Å². The van der Waals surface area contributed by atoms with E-state index < -0.39 is 0 Å². The molecule has 160 valence electrons. The maximum atomic E-state index is 12.9. The van der Waals surface area contributed by atoms with Crippen molar-refractivity contribution in [2.24, 2.45) is 0 Å². The number of hydrogen-bond donors (Lipinski definition) is 0. The number of ether oxygens (including phenoxy) is 1. The lowest BCUT2D eigenvalue weighted by Crippen LogP contribution is -2.15. The Bertz CT molecular complexity index is 1310. The summed E-state index contributed by atoms with van der Waals surface area (Å²) >= 11 is 12.5. The summed E-state index contributed by atoms with van der Waals surface area (Å²) in [6.45, 7) is 1.90. The first kappa shape index (κ1) is 20.4. The van der Waals surface area contributed by atoms with Gasteiger partial charge in [-0.1, -0.05) is 23.2 Å². The van der Waals surface area contributed by atoms with Crippen molar-refractivity contribution in [3.63, 3.8) is 0 Å². The summed E-state index contributed by atoms with van der Waals surface area (Å²) in [5.41, 5.74) is 3.52. The Morgan fingerprint density at radius 3 is 2.81 bits per heavy atom. The fraction of sp³-hybridized carbons (Fsp3) is 0.381. The molecule has 5 rings (SSSR count). The summed E-state index contributed by atoms with van der Waals surface area (Å²) in [5.74, 6) is 1.27. The summed E-state index contributed by atoms with van der Waals surface area (Å²) in [6.07, 6.45) is 5.85. The van der Waals surface area contributed by atoms with E-state index in [0.29, 0.717) is 27.4 Å². The van der Waals surface area contributed by atoms with Gasteiger partial charge in [-0.25, -0.2) is 19.0 Å². The van der Waals surface area contributed by atoms with Crippen molar-refractivity contribution in [3.05, 3.63) is 57.3 Å². The predicted molar refractivity (Wildman–Crippen MR) is 116 cm³/mol. The first-order valence-corrected chi connectivity index (χ1v) is 10.8. The molecule has 4 aromatic heterocycles. The van der Waals surface area contributed by atoms with Crippen LogP contribution in [0.1, 0.15) is 54.4 Å². The lowest BCUT2D eigenvalue weighted by atomic mass is 10.0. The smallest absolute Gasteiger partial charge is 0.174 e. The molecule has 4 heterocycles. The van der Waals surface area contributed by atoms with Gasteiger partial charge in [0.1, 0.15) is 5.78 Å². The van der Waals surface area contributed by atoms with E-state index in [0.717, 1.165) is 35.5 Å². The minimum Gasteiger partial charge on any atom is -0.375 e. The van der Waals surface area contributed by atoms with Crippen LogP contribution in [-0.2, 0) is 22.4 Å². The third-order valence-corrected chi connectivity index (χ3v) is 5.96. The topological polar surface area (TPSA) is 86.7 Å². The molecule has 1 aliphatic carbocycles. The molecule has 1 atom stereocenters. The van der Waals surface area contributed by atoms with Gasteiger partial charge in [0.2, 0.25) is 0 Å². The number of ketones is 1. The molecule has 0 N–H and O–H groups in total. The van der Waals surface area contributed by atoms with E-state index in [1.807, 2.05) is 13.1 Å². The molecule has 0 saturated heterocycles. The van der Waals surface area contributed by atoms with Crippen LogP contribution in [0.5, 0.6) is 0 Å². The van der Waals surface area contributed by atoms with Gasteiger partial charge in [-0.05, 0) is 31.4 Å². The first-order chi connectivity index (χ1) is 14.9. The van der Waals surface area contributed by atoms with E-state index in [-0.39, 0.29) is 24.7 Å². The van der Waals surface area contributed by atoms with Crippen LogP contribution >= 0.6 is 23.2 Å². The number of carbonyl (C=O) groups is 1. The van der Waals surface area contributed by atoms with Crippen LogP contribution in [-0.4, -0.2) is 42.1 Å². The van der Waals surface area contributed by atoms with Crippen LogP contribution in [0, 0.1) is 0 Å². The van der Waals surface area contributed by atoms with Crippen molar-refractivity contribution in [2.75, 3.05) is 7.11 Å². The Balaban J connectivity index is 1.42. The second-order valence-electron chi connectivity index (χ2n) is 7.88. The third-order valence-electron chi connectivity index (χ3n) is 5.50. The zero-order valence-corrected chi connectivity index (χ0v) is 18.6. The van der Waals surface area contributed by atoms with Gasteiger partial charge >= 0.3 is 0 Å². The molecule has 0 radical (unpaired) electrons. The van der Waals surface area contributed by atoms with Gasteiger partial charge in [-0.15, -0.1) is 0 Å². The maximum absolute atomic E-state index is 12.9. The number of methoxy groups -OCH3 is 1. The molecule has 0 bridgehead atoms. The molecule has 0 amide bonds. The highest BCUT2D eigenvalue weighted by Crippen LogP contribution is 2.38. The number of rotatable bonds is 7. The number of aromatic nitrogens is 6. The molecule has 1 saturated carbocycles. The van der Waals surface area contributed by atoms with E-state index >= 15 is 0 Å². The fourth-order valence-electron chi connectivity index (χ4n) is 3.77. The van der Waals surface area contributed by atoms with E-state index in [1.165, 1.54) is 0 Å². The van der Waals surface area contributed by atoms with Crippen molar-refractivity contribution in [1.29, 1.82) is 0 Å². The summed E-state index contributed by atoms with van der Waals surface area (Å²) in [7, 11) is 1.61. The van der Waals surface area contributed by atoms with Gasteiger partial charge in [-0.3, -0.25) is 4.79 Å². The molecule has 1 aliphatic rings. The van der Waals surface area contributed by atoms with E-state index in [9.17, 15) is 4.79 Å². The quantitative estimate of drug-likeness (QED) is 0.415.